The van der Waals surface area contributed by atoms with Gasteiger partial charge in [-0.3, -0.25) is 9.69 Å². The summed E-state index contributed by atoms with van der Waals surface area (Å²) in [6.07, 6.45) is -7.91. The van der Waals surface area contributed by atoms with Crippen LogP contribution in [0.2, 0.25) is 0 Å². The number of likely N-dealkylation sites (tertiary alicyclic amines) is 1. The summed E-state index contributed by atoms with van der Waals surface area (Å²) in [6, 6.07) is 2.47. The van der Waals surface area contributed by atoms with Gasteiger partial charge in [0.15, 0.2) is 0 Å². The zero-order chi connectivity index (χ0) is 25.8. The first-order valence-electron chi connectivity index (χ1n) is 11.0. The van der Waals surface area contributed by atoms with Crippen LogP contribution in [-0.4, -0.2) is 67.4 Å². The van der Waals surface area contributed by atoms with Gasteiger partial charge in [0, 0.05) is 25.8 Å². The molecule has 13 heteroatoms. The third-order valence-corrected chi connectivity index (χ3v) is 5.83. The van der Waals surface area contributed by atoms with Gasteiger partial charge in [-0.2, -0.15) is 26.3 Å². The Morgan fingerprint density at radius 3 is 2.17 bits per heavy atom. The number of amides is 1. The normalized spacial score (nSPS) is 18.2. The molecule has 2 saturated heterocycles. The van der Waals surface area contributed by atoms with E-state index in [1.165, 1.54) is 12.1 Å². The largest absolute Gasteiger partial charge is 0.491 e. The number of nitrogens with zero attached hydrogens (tertiary/aromatic N) is 2. The van der Waals surface area contributed by atoms with Gasteiger partial charge in [-0.25, -0.2) is 9.59 Å². The molecule has 0 aromatic heterocycles. The number of piperidine rings is 1. The van der Waals surface area contributed by atoms with Crippen molar-refractivity contribution in [3.05, 3.63) is 29.3 Å². The summed E-state index contributed by atoms with van der Waals surface area (Å²) in [4.78, 5) is 38.6. The Labute approximate surface area is 196 Å². The topological polar surface area (TPSA) is 76.2 Å². The maximum atomic E-state index is 13.6. The molecule has 35 heavy (non-hydrogen) atoms. The molecule has 1 amide bonds. The number of esters is 2. The quantitative estimate of drug-likeness (QED) is 0.339. The molecule has 0 atom stereocenters. The fourth-order valence-corrected chi connectivity index (χ4v) is 4.17. The van der Waals surface area contributed by atoms with Crippen LogP contribution in [0.25, 0.3) is 0 Å². The van der Waals surface area contributed by atoms with Crippen LogP contribution in [0.3, 0.4) is 0 Å². The first kappa shape index (κ1) is 26.9. The van der Waals surface area contributed by atoms with Crippen LogP contribution < -0.4 is 4.90 Å². The number of carbonyl (C=O) groups excluding carboxylic acids is 3. The molecule has 2 heterocycles. The van der Waals surface area contributed by atoms with Gasteiger partial charge in [0.2, 0.25) is 0 Å². The fourth-order valence-electron chi connectivity index (χ4n) is 4.17. The average molecular weight is 510 g/mol. The molecule has 0 unspecified atom stereocenters. The number of benzene rings is 1. The molecule has 3 rings (SSSR count). The smallest absolute Gasteiger partial charge is 0.383 e. The number of hydrogen-bond acceptors (Lipinski definition) is 6. The van der Waals surface area contributed by atoms with Crippen molar-refractivity contribution in [2.75, 3.05) is 31.2 Å². The van der Waals surface area contributed by atoms with Gasteiger partial charge in [-0.15, -0.1) is 0 Å². The maximum Gasteiger partial charge on any atom is 0.491 e. The van der Waals surface area contributed by atoms with Gasteiger partial charge in [0.1, 0.15) is 0 Å². The third-order valence-electron chi connectivity index (χ3n) is 5.83. The number of halogens is 6. The van der Waals surface area contributed by atoms with E-state index >= 15 is 0 Å². The first-order chi connectivity index (χ1) is 16.4. The molecule has 0 radical (unpaired) electrons. The minimum absolute atomic E-state index is 0.00808. The van der Waals surface area contributed by atoms with Crippen LogP contribution in [-0.2, 0) is 25.6 Å². The Balaban J connectivity index is 2.05. The Kier molecular flexibility index (Phi) is 8.42. The van der Waals surface area contributed by atoms with Crippen molar-refractivity contribution in [2.24, 2.45) is 0 Å². The van der Waals surface area contributed by atoms with Crippen molar-refractivity contribution in [1.82, 2.24) is 4.90 Å². The van der Waals surface area contributed by atoms with Gasteiger partial charge < -0.3 is 14.4 Å². The minimum Gasteiger partial charge on any atom is -0.383 e. The second-order valence-corrected chi connectivity index (χ2v) is 8.38. The number of rotatable bonds is 5. The van der Waals surface area contributed by atoms with Gasteiger partial charge in [-0.05, 0) is 56.5 Å². The standard InChI is InChI=1S/C22H24F6N2O5/c23-21(24,25)19(32)30(15-6-10-34-11-7-15)17-12-14(13-29-8-2-1-3-9-29)4-5-16(17)18(31)35-20(33)22(26,27)28/h4-5,12,15H,1-3,6-11,13H2. The van der Waals surface area contributed by atoms with Crippen molar-refractivity contribution in [3.8, 4) is 0 Å². The van der Waals surface area contributed by atoms with E-state index in [-0.39, 0.29) is 26.1 Å². The lowest BCUT2D eigenvalue weighted by Crippen LogP contribution is -2.50. The van der Waals surface area contributed by atoms with Crippen LogP contribution >= 0.6 is 0 Å². The van der Waals surface area contributed by atoms with Gasteiger partial charge in [0.25, 0.3) is 0 Å². The molecule has 7 nitrogen and oxygen atoms in total. The Morgan fingerprint density at radius 1 is 0.971 bits per heavy atom. The number of ether oxygens (including phenoxy) is 2. The predicted octanol–water partition coefficient (Wildman–Crippen LogP) is 3.99. The molecular weight excluding hydrogens is 486 g/mol. The molecule has 2 fully saturated rings. The Bertz CT molecular complexity index is 937. The number of carbonyl (C=O) groups is 3. The maximum absolute atomic E-state index is 13.6. The summed E-state index contributed by atoms with van der Waals surface area (Å²) >= 11 is 0. The second-order valence-electron chi connectivity index (χ2n) is 8.38. The predicted molar refractivity (Wildman–Crippen MR) is 109 cm³/mol. The van der Waals surface area contributed by atoms with Crippen LogP contribution in [0.15, 0.2) is 18.2 Å². The third kappa shape index (κ3) is 6.94. The van der Waals surface area contributed by atoms with Crippen LogP contribution in [0.5, 0.6) is 0 Å². The zero-order valence-corrected chi connectivity index (χ0v) is 18.6. The molecule has 0 bridgehead atoms. The molecule has 0 spiro atoms. The SMILES string of the molecule is O=C(OC(=O)C(F)(F)F)c1ccc(CN2CCCCC2)cc1N(C(=O)C(F)(F)F)C1CCOCC1. The van der Waals surface area contributed by atoms with E-state index in [9.17, 15) is 40.7 Å². The van der Waals surface area contributed by atoms with E-state index in [4.69, 9.17) is 4.74 Å². The highest BCUT2D eigenvalue weighted by molar-refractivity contribution is 6.07. The van der Waals surface area contributed by atoms with E-state index in [1.807, 2.05) is 4.90 Å². The number of alkyl halides is 6. The fraction of sp³-hybridized carbons (Fsp3) is 0.591. The second kappa shape index (κ2) is 10.9. The Morgan fingerprint density at radius 2 is 1.60 bits per heavy atom. The molecule has 0 saturated carbocycles. The lowest BCUT2D eigenvalue weighted by atomic mass is 10.0. The summed E-state index contributed by atoms with van der Waals surface area (Å²) in [5.41, 5.74) is -0.865. The van der Waals surface area contributed by atoms with Gasteiger partial charge >= 0.3 is 30.2 Å². The molecule has 2 aliphatic rings. The monoisotopic (exact) mass is 510 g/mol. The molecule has 0 N–H and O–H groups in total. The lowest BCUT2D eigenvalue weighted by molar-refractivity contribution is -0.193. The van der Waals surface area contributed by atoms with E-state index in [1.54, 1.807) is 0 Å². The van der Waals surface area contributed by atoms with Gasteiger partial charge in [0.05, 0.1) is 11.3 Å². The summed E-state index contributed by atoms with van der Waals surface area (Å²) in [6.45, 7) is 1.87. The van der Waals surface area contributed by atoms with Crippen LogP contribution in [0.4, 0.5) is 32.0 Å². The summed E-state index contributed by atoms with van der Waals surface area (Å²) in [5, 5.41) is 0. The van der Waals surface area contributed by atoms with Crippen molar-refractivity contribution in [3.63, 3.8) is 0 Å². The molecule has 194 valence electrons. The van der Waals surface area contributed by atoms with E-state index in [2.05, 4.69) is 4.74 Å². The summed E-state index contributed by atoms with van der Waals surface area (Å²) in [7, 11) is 0. The van der Waals surface area contributed by atoms with Crippen molar-refractivity contribution in [1.29, 1.82) is 0 Å². The van der Waals surface area contributed by atoms with Crippen LogP contribution in [0, 0.1) is 0 Å². The number of anilines is 1. The average Bonchev–Trinajstić information content (AvgIpc) is 2.79. The van der Waals surface area contributed by atoms with Crippen molar-refractivity contribution >= 4 is 23.5 Å². The highest BCUT2D eigenvalue weighted by Gasteiger charge is 2.47. The Hall–Kier alpha value is -2.67. The molecule has 1 aromatic carbocycles. The minimum atomic E-state index is -5.49. The van der Waals surface area contributed by atoms with Gasteiger partial charge in [-0.1, -0.05) is 12.5 Å². The molecule has 0 aliphatic carbocycles. The van der Waals surface area contributed by atoms with Crippen LogP contribution in [0.1, 0.15) is 48.0 Å². The van der Waals surface area contributed by atoms with Crippen molar-refractivity contribution in [2.45, 2.75) is 57.0 Å². The van der Waals surface area contributed by atoms with E-state index in [0.29, 0.717) is 17.0 Å². The zero-order valence-electron chi connectivity index (χ0n) is 18.6. The summed E-state index contributed by atoms with van der Waals surface area (Å²) < 4.78 is 87.6. The van der Waals surface area contributed by atoms with Crippen molar-refractivity contribution < 1.29 is 50.2 Å². The molecular formula is C22H24F6N2O5. The lowest BCUT2D eigenvalue weighted by Gasteiger charge is -2.36. The number of hydrogen-bond donors (Lipinski definition) is 0. The molecule has 2 aliphatic heterocycles. The van der Waals surface area contributed by atoms with E-state index in [0.717, 1.165) is 38.4 Å². The molecule has 1 aromatic rings. The highest BCUT2D eigenvalue weighted by atomic mass is 19.4. The first-order valence-corrected chi connectivity index (χ1v) is 11.0. The van der Waals surface area contributed by atoms with E-state index < -0.39 is 47.5 Å². The summed E-state index contributed by atoms with van der Waals surface area (Å²) in [5.74, 6) is -6.90. The highest BCUT2D eigenvalue weighted by Crippen LogP contribution is 2.33.